The van der Waals surface area contributed by atoms with Crippen LogP contribution in [0, 0.1) is 5.92 Å². The minimum atomic E-state index is 0. The van der Waals surface area contributed by atoms with Crippen LogP contribution in [0.25, 0.3) is 0 Å². The number of morpholine rings is 1. The van der Waals surface area contributed by atoms with E-state index >= 15 is 0 Å². The Labute approximate surface area is 168 Å². The molecule has 0 aromatic carbocycles. The van der Waals surface area contributed by atoms with Crippen molar-refractivity contribution in [2.24, 2.45) is 10.9 Å². The highest BCUT2D eigenvalue weighted by atomic mass is 127. The van der Waals surface area contributed by atoms with Gasteiger partial charge in [-0.1, -0.05) is 6.92 Å². The maximum absolute atomic E-state index is 5.38. The Balaban J connectivity index is 0.00000312. The third-order valence-corrected chi connectivity index (χ3v) is 4.01. The molecule has 25 heavy (non-hydrogen) atoms. The molecule has 0 radical (unpaired) electrons. The molecule has 8 heteroatoms. The number of aromatic nitrogens is 2. The van der Waals surface area contributed by atoms with Crippen molar-refractivity contribution in [2.75, 3.05) is 52.5 Å². The van der Waals surface area contributed by atoms with Crippen LogP contribution in [-0.4, -0.2) is 73.1 Å². The molecule has 2 heterocycles. The van der Waals surface area contributed by atoms with Gasteiger partial charge in [-0.15, -0.1) is 24.0 Å². The zero-order valence-electron chi connectivity index (χ0n) is 15.5. The van der Waals surface area contributed by atoms with Crippen molar-refractivity contribution in [1.82, 2.24) is 25.3 Å². The van der Waals surface area contributed by atoms with Gasteiger partial charge in [0.1, 0.15) is 0 Å². The number of nitrogens with zero attached hydrogens (tertiary/aromatic N) is 4. The van der Waals surface area contributed by atoms with E-state index in [1.54, 1.807) is 0 Å². The Hall–Kier alpha value is -0.870. The van der Waals surface area contributed by atoms with E-state index in [-0.39, 0.29) is 24.0 Å². The van der Waals surface area contributed by atoms with Crippen molar-refractivity contribution >= 4 is 29.9 Å². The molecule has 0 saturated carbocycles. The Bertz CT molecular complexity index is 462. The van der Waals surface area contributed by atoms with Crippen molar-refractivity contribution in [3.8, 4) is 0 Å². The fraction of sp³-hybridized carbons (Fsp3) is 0.765. The molecule has 1 aromatic rings. The third-order valence-electron chi connectivity index (χ3n) is 4.01. The molecule has 7 nitrogen and oxygen atoms in total. The minimum Gasteiger partial charge on any atom is -0.379 e. The quantitative estimate of drug-likeness (QED) is 0.251. The molecule has 0 amide bonds. The van der Waals surface area contributed by atoms with Gasteiger partial charge in [-0.3, -0.25) is 14.6 Å². The Morgan fingerprint density at radius 1 is 1.32 bits per heavy atom. The molecule has 1 saturated heterocycles. The standard InChI is InChI=1S/C17H32N6O.HI/c1-3-18-17(19-6-4-8-22-10-12-24-13-11-22)20-14-16(2)15-23-9-5-7-21-23;/h5,7,9,16H,3-4,6,8,10-15H2,1-2H3,(H2,18,19,20);1H. The number of ether oxygens (including phenoxy) is 1. The molecule has 1 aliphatic rings. The Kier molecular flexibility index (Phi) is 11.8. The van der Waals surface area contributed by atoms with E-state index in [1.165, 1.54) is 0 Å². The van der Waals surface area contributed by atoms with Crippen LogP contribution in [0.5, 0.6) is 0 Å². The fourth-order valence-electron chi connectivity index (χ4n) is 2.71. The van der Waals surface area contributed by atoms with Gasteiger partial charge in [0.15, 0.2) is 5.96 Å². The molecule has 1 unspecified atom stereocenters. The monoisotopic (exact) mass is 464 g/mol. The van der Waals surface area contributed by atoms with Crippen molar-refractivity contribution in [3.05, 3.63) is 18.5 Å². The first-order valence-corrected chi connectivity index (χ1v) is 9.07. The second-order valence-electron chi connectivity index (χ2n) is 6.29. The number of nitrogens with one attached hydrogen (secondary N) is 2. The lowest BCUT2D eigenvalue weighted by Crippen LogP contribution is -2.41. The van der Waals surface area contributed by atoms with Gasteiger partial charge >= 0.3 is 0 Å². The molecular formula is C17H33IN6O. The molecule has 144 valence electrons. The summed E-state index contributed by atoms with van der Waals surface area (Å²) in [5.74, 6) is 1.36. The van der Waals surface area contributed by atoms with Crippen LogP contribution in [0.1, 0.15) is 20.3 Å². The second-order valence-corrected chi connectivity index (χ2v) is 6.29. The molecule has 1 aliphatic heterocycles. The maximum Gasteiger partial charge on any atom is 0.191 e. The maximum atomic E-state index is 5.38. The molecular weight excluding hydrogens is 431 g/mol. The predicted molar refractivity (Wildman–Crippen MR) is 113 cm³/mol. The largest absolute Gasteiger partial charge is 0.379 e. The topological polar surface area (TPSA) is 66.7 Å². The van der Waals surface area contributed by atoms with Gasteiger partial charge in [0.25, 0.3) is 0 Å². The van der Waals surface area contributed by atoms with Gasteiger partial charge < -0.3 is 15.4 Å². The van der Waals surface area contributed by atoms with Crippen LogP contribution in [-0.2, 0) is 11.3 Å². The number of hydrogen-bond donors (Lipinski definition) is 2. The zero-order chi connectivity index (χ0) is 17.0. The van der Waals surface area contributed by atoms with Gasteiger partial charge in [-0.2, -0.15) is 5.10 Å². The van der Waals surface area contributed by atoms with Gasteiger partial charge in [0.05, 0.1) is 13.2 Å². The predicted octanol–water partition coefficient (Wildman–Crippen LogP) is 1.41. The van der Waals surface area contributed by atoms with Crippen molar-refractivity contribution in [2.45, 2.75) is 26.8 Å². The zero-order valence-corrected chi connectivity index (χ0v) is 17.8. The molecule has 1 fully saturated rings. The molecule has 2 N–H and O–H groups in total. The lowest BCUT2D eigenvalue weighted by molar-refractivity contribution is 0.0376. The highest BCUT2D eigenvalue weighted by molar-refractivity contribution is 14.0. The third kappa shape index (κ3) is 9.41. The van der Waals surface area contributed by atoms with Crippen LogP contribution in [0.4, 0.5) is 0 Å². The SMILES string of the molecule is CCNC(=NCC(C)Cn1cccn1)NCCCN1CCOCC1.I. The van der Waals surface area contributed by atoms with Crippen LogP contribution < -0.4 is 10.6 Å². The summed E-state index contributed by atoms with van der Waals surface area (Å²) in [5, 5.41) is 11.0. The number of halogens is 1. The van der Waals surface area contributed by atoms with E-state index in [2.05, 4.69) is 34.5 Å². The van der Waals surface area contributed by atoms with Gasteiger partial charge in [-0.25, -0.2) is 0 Å². The van der Waals surface area contributed by atoms with Crippen LogP contribution >= 0.6 is 24.0 Å². The highest BCUT2D eigenvalue weighted by Crippen LogP contribution is 2.00. The van der Waals surface area contributed by atoms with E-state index in [1.807, 2.05) is 23.1 Å². The summed E-state index contributed by atoms with van der Waals surface area (Å²) in [5.41, 5.74) is 0. The molecule has 0 spiro atoms. The van der Waals surface area contributed by atoms with Crippen LogP contribution in [0.3, 0.4) is 0 Å². The summed E-state index contributed by atoms with van der Waals surface area (Å²) >= 11 is 0. The average molecular weight is 464 g/mol. The van der Waals surface area contributed by atoms with E-state index in [0.717, 1.165) is 71.4 Å². The molecule has 1 atom stereocenters. The number of guanidine groups is 1. The first kappa shape index (κ1) is 22.2. The van der Waals surface area contributed by atoms with Gasteiger partial charge in [-0.05, 0) is 31.9 Å². The van der Waals surface area contributed by atoms with Crippen LogP contribution in [0.2, 0.25) is 0 Å². The first-order valence-electron chi connectivity index (χ1n) is 9.07. The summed E-state index contributed by atoms with van der Waals surface area (Å²) in [6, 6.07) is 1.95. The minimum absolute atomic E-state index is 0. The van der Waals surface area contributed by atoms with E-state index in [0.29, 0.717) is 5.92 Å². The molecule has 0 bridgehead atoms. The second kappa shape index (κ2) is 13.3. The molecule has 2 rings (SSSR count). The average Bonchev–Trinajstić information content (AvgIpc) is 3.10. The number of aliphatic imine (C=N–C) groups is 1. The first-order chi connectivity index (χ1) is 11.8. The van der Waals surface area contributed by atoms with Crippen molar-refractivity contribution in [3.63, 3.8) is 0 Å². The normalized spacial score (nSPS) is 17.0. The van der Waals surface area contributed by atoms with Gasteiger partial charge in [0, 0.05) is 51.7 Å². The summed E-state index contributed by atoms with van der Waals surface area (Å²) in [6.45, 7) is 12.8. The summed E-state index contributed by atoms with van der Waals surface area (Å²) in [7, 11) is 0. The summed E-state index contributed by atoms with van der Waals surface area (Å²) in [4.78, 5) is 7.16. The molecule has 1 aromatic heterocycles. The number of hydrogen-bond acceptors (Lipinski definition) is 4. The fourth-order valence-corrected chi connectivity index (χ4v) is 2.71. The van der Waals surface area contributed by atoms with E-state index < -0.39 is 0 Å². The van der Waals surface area contributed by atoms with Crippen LogP contribution in [0.15, 0.2) is 23.5 Å². The van der Waals surface area contributed by atoms with Crippen molar-refractivity contribution in [1.29, 1.82) is 0 Å². The van der Waals surface area contributed by atoms with E-state index in [9.17, 15) is 0 Å². The smallest absolute Gasteiger partial charge is 0.191 e. The van der Waals surface area contributed by atoms with Crippen molar-refractivity contribution < 1.29 is 4.74 Å². The van der Waals surface area contributed by atoms with Gasteiger partial charge in [0.2, 0.25) is 0 Å². The summed E-state index contributed by atoms with van der Waals surface area (Å²) < 4.78 is 7.34. The lowest BCUT2D eigenvalue weighted by Gasteiger charge is -2.26. The van der Waals surface area contributed by atoms with E-state index in [4.69, 9.17) is 9.73 Å². The Morgan fingerprint density at radius 3 is 2.80 bits per heavy atom. The summed E-state index contributed by atoms with van der Waals surface area (Å²) in [6.07, 6.45) is 4.93. The lowest BCUT2D eigenvalue weighted by atomic mass is 10.2. The number of rotatable bonds is 9. The Morgan fingerprint density at radius 2 is 2.12 bits per heavy atom. The highest BCUT2D eigenvalue weighted by Gasteiger charge is 2.09. The molecule has 0 aliphatic carbocycles.